The van der Waals surface area contributed by atoms with Crippen molar-refractivity contribution in [2.75, 3.05) is 5.75 Å². The van der Waals surface area contributed by atoms with Gasteiger partial charge in [-0.15, -0.1) is 0 Å². The Morgan fingerprint density at radius 1 is 1.45 bits per heavy atom. The summed E-state index contributed by atoms with van der Waals surface area (Å²) in [5, 5.41) is 8.77. The van der Waals surface area contributed by atoms with Crippen molar-refractivity contribution in [3.63, 3.8) is 0 Å². The van der Waals surface area contributed by atoms with Crippen molar-refractivity contribution in [1.82, 2.24) is 9.97 Å². The van der Waals surface area contributed by atoms with Crippen LogP contribution in [0.3, 0.4) is 0 Å². The number of alkyl halides is 3. The van der Waals surface area contributed by atoms with Gasteiger partial charge in [0.2, 0.25) is 5.88 Å². The Morgan fingerprint density at radius 2 is 2.09 bits per heavy atom. The van der Waals surface area contributed by atoms with Gasteiger partial charge >= 0.3 is 6.18 Å². The van der Waals surface area contributed by atoms with Gasteiger partial charge in [0.15, 0.2) is 10.9 Å². The topological polar surface area (TPSA) is 72.0 Å². The lowest BCUT2D eigenvalue weighted by atomic mass is 10.2. The number of halogens is 5. The van der Waals surface area contributed by atoms with Gasteiger partial charge in [-0.2, -0.15) is 18.2 Å². The zero-order chi connectivity index (χ0) is 16.9. The molecule has 10 heteroatoms. The zero-order valence-electron chi connectivity index (χ0n) is 10.9. The van der Waals surface area contributed by atoms with E-state index in [1.54, 1.807) is 0 Å². The summed E-state index contributed by atoms with van der Waals surface area (Å²) in [5.41, 5.74) is 3.66. The van der Waals surface area contributed by atoms with E-state index < -0.39 is 23.6 Å². The fourth-order valence-corrected chi connectivity index (χ4v) is 2.36. The van der Waals surface area contributed by atoms with Crippen molar-refractivity contribution in [3.8, 4) is 5.88 Å². The SMILES string of the molecule is C=C/C(Cl)=C(CSc1nc(O)cc(C(F)(F)F)n1)\C(F)=C/N. The number of nitrogens with two attached hydrogens (primary N) is 1. The van der Waals surface area contributed by atoms with Crippen LogP contribution < -0.4 is 5.73 Å². The predicted molar refractivity (Wildman–Crippen MR) is 75.9 cm³/mol. The highest BCUT2D eigenvalue weighted by Crippen LogP contribution is 2.32. The maximum atomic E-state index is 13.5. The van der Waals surface area contributed by atoms with Crippen LogP contribution in [-0.2, 0) is 6.18 Å². The third-order valence-corrected chi connectivity index (χ3v) is 3.49. The summed E-state index contributed by atoms with van der Waals surface area (Å²) in [4.78, 5) is 6.68. The largest absolute Gasteiger partial charge is 0.493 e. The van der Waals surface area contributed by atoms with Gasteiger partial charge in [0.1, 0.15) is 5.83 Å². The molecule has 0 aromatic carbocycles. The summed E-state index contributed by atoms with van der Waals surface area (Å²) in [6, 6.07) is 0.387. The fourth-order valence-electron chi connectivity index (χ4n) is 1.24. The molecule has 120 valence electrons. The highest BCUT2D eigenvalue weighted by atomic mass is 35.5. The second-order valence-corrected chi connectivity index (χ2v) is 5.08. The number of hydrogen-bond donors (Lipinski definition) is 2. The standard InChI is InChI=1S/C12H10ClF4N3OS/c1-2-7(13)6(8(14)4-18)5-22-11-19-9(12(15,16)17)3-10(21)20-11/h2-4H,1,5,18H2,(H,19,20,21)/b7-6+,8-4+. The molecule has 0 bridgehead atoms. The first-order chi connectivity index (χ1) is 10.2. The van der Waals surface area contributed by atoms with E-state index in [2.05, 4.69) is 16.5 Å². The van der Waals surface area contributed by atoms with Gasteiger partial charge in [0.25, 0.3) is 0 Å². The highest BCUT2D eigenvalue weighted by molar-refractivity contribution is 7.99. The second-order valence-electron chi connectivity index (χ2n) is 3.73. The second kappa shape index (κ2) is 7.50. The Balaban J connectivity index is 3.05. The molecule has 4 nitrogen and oxygen atoms in total. The van der Waals surface area contributed by atoms with Gasteiger partial charge in [-0.3, -0.25) is 0 Å². The minimum Gasteiger partial charge on any atom is -0.493 e. The van der Waals surface area contributed by atoms with Gasteiger partial charge in [-0.1, -0.05) is 36.0 Å². The first-order valence-electron chi connectivity index (χ1n) is 5.56. The maximum Gasteiger partial charge on any atom is 0.433 e. The van der Waals surface area contributed by atoms with E-state index in [9.17, 15) is 22.7 Å². The van der Waals surface area contributed by atoms with Crippen LogP contribution in [0.2, 0.25) is 0 Å². The molecule has 0 saturated heterocycles. The summed E-state index contributed by atoms with van der Waals surface area (Å²) in [6.45, 7) is 3.36. The van der Waals surface area contributed by atoms with Crippen LogP contribution in [0.4, 0.5) is 17.6 Å². The molecule has 0 radical (unpaired) electrons. The highest BCUT2D eigenvalue weighted by Gasteiger charge is 2.33. The maximum absolute atomic E-state index is 13.5. The van der Waals surface area contributed by atoms with E-state index in [-0.39, 0.29) is 21.5 Å². The first-order valence-corrected chi connectivity index (χ1v) is 6.92. The van der Waals surface area contributed by atoms with Crippen molar-refractivity contribution in [2.24, 2.45) is 5.73 Å². The van der Waals surface area contributed by atoms with Crippen LogP contribution in [0.5, 0.6) is 5.88 Å². The number of hydrogen-bond acceptors (Lipinski definition) is 5. The van der Waals surface area contributed by atoms with Crippen molar-refractivity contribution < 1.29 is 22.7 Å². The molecular weight excluding hydrogens is 346 g/mol. The molecule has 1 heterocycles. The summed E-state index contributed by atoms with van der Waals surface area (Å²) in [5.74, 6) is -1.90. The minimum absolute atomic E-state index is 0.0529. The van der Waals surface area contributed by atoms with Crippen molar-refractivity contribution in [1.29, 1.82) is 0 Å². The predicted octanol–water partition coefficient (Wildman–Crippen LogP) is 3.74. The van der Waals surface area contributed by atoms with Crippen LogP contribution in [0.15, 0.2) is 46.5 Å². The molecule has 0 unspecified atom stereocenters. The molecule has 1 rings (SSSR count). The van der Waals surface area contributed by atoms with Crippen LogP contribution in [-0.4, -0.2) is 20.8 Å². The van der Waals surface area contributed by atoms with E-state index in [0.29, 0.717) is 24.0 Å². The molecule has 0 atom stereocenters. The molecule has 1 aromatic rings. The summed E-state index contributed by atoms with van der Waals surface area (Å²) < 4.78 is 51.3. The number of nitrogens with zero attached hydrogens (tertiary/aromatic N) is 2. The van der Waals surface area contributed by atoms with Gasteiger partial charge in [0.05, 0.1) is 0 Å². The monoisotopic (exact) mass is 355 g/mol. The molecule has 0 aliphatic rings. The number of rotatable bonds is 5. The van der Waals surface area contributed by atoms with Gasteiger partial charge < -0.3 is 10.8 Å². The van der Waals surface area contributed by atoms with Crippen LogP contribution in [0.1, 0.15) is 5.69 Å². The number of aromatic nitrogens is 2. The Bertz CT molecular complexity index is 631. The smallest absolute Gasteiger partial charge is 0.433 e. The summed E-state index contributed by atoms with van der Waals surface area (Å²) >= 11 is 6.40. The average molecular weight is 356 g/mol. The van der Waals surface area contributed by atoms with E-state index in [4.69, 9.17) is 17.3 Å². The zero-order valence-corrected chi connectivity index (χ0v) is 12.4. The molecule has 0 aliphatic heterocycles. The van der Waals surface area contributed by atoms with Gasteiger partial charge in [-0.25, -0.2) is 9.37 Å². The number of aromatic hydroxyl groups is 1. The minimum atomic E-state index is -4.74. The Kier molecular flexibility index (Phi) is 6.24. The molecule has 3 N–H and O–H groups in total. The van der Waals surface area contributed by atoms with E-state index in [1.165, 1.54) is 0 Å². The molecule has 0 spiro atoms. The normalized spacial score (nSPS) is 13.8. The molecule has 22 heavy (non-hydrogen) atoms. The molecule has 0 saturated carbocycles. The van der Waals surface area contributed by atoms with E-state index in [0.717, 1.165) is 6.08 Å². The van der Waals surface area contributed by atoms with E-state index in [1.807, 2.05) is 0 Å². The van der Waals surface area contributed by atoms with Crippen molar-refractivity contribution in [3.05, 3.63) is 47.0 Å². The fraction of sp³-hybridized carbons (Fsp3) is 0.167. The number of thioether (sulfide) groups is 1. The van der Waals surface area contributed by atoms with Crippen molar-refractivity contribution in [2.45, 2.75) is 11.3 Å². The van der Waals surface area contributed by atoms with Crippen LogP contribution in [0.25, 0.3) is 0 Å². The Morgan fingerprint density at radius 3 is 2.59 bits per heavy atom. The van der Waals surface area contributed by atoms with E-state index >= 15 is 0 Å². The van der Waals surface area contributed by atoms with Gasteiger partial charge in [0, 0.05) is 28.6 Å². The first kappa shape index (κ1) is 18.3. The molecule has 0 fully saturated rings. The third-order valence-electron chi connectivity index (χ3n) is 2.23. The van der Waals surface area contributed by atoms with Crippen LogP contribution >= 0.6 is 23.4 Å². The lowest BCUT2D eigenvalue weighted by molar-refractivity contribution is -0.141. The molecule has 0 aliphatic carbocycles. The Labute approximate surface area is 132 Å². The number of allylic oxidation sites excluding steroid dienone is 3. The average Bonchev–Trinajstić information content (AvgIpc) is 2.45. The lowest BCUT2D eigenvalue weighted by Crippen LogP contribution is -2.09. The molecular formula is C12H10ClF4N3OS. The summed E-state index contributed by atoms with van der Waals surface area (Å²) in [7, 11) is 0. The third kappa shape index (κ3) is 4.92. The van der Waals surface area contributed by atoms with Crippen LogP contribution in [0, 0.1) is 0 Å². The van der Waals surface area contributed by atoms with Crippen molar-refractivity contribution >= 4 is 23.4 Å². The Hall–Kier alpha value is -1.74. The molecule has 1 aromatic heterocycles. The lowest BCUT2D eigenvalue weighted by Gasteiger charge is -2.09. The summed E-state index contributed by atoms with van der Waals surface area (Å²) in [6.07, 6.45) is -2.92. The molecule has 0 amide bonds. The van der Waals surface area contributed by atoms with Gasteiger partial charge in [-0.05, 0) is 0 Å². The quantitative estimate of drug-likeness (QED) is 0.364.